The molecule has 1 N–H and O–H groups in total. The number of likely N-dealkylation sites (tertiary alicyclic amines) is 1. The van der Waals surface area contributed by atoms with E-state index in [0.717, 1.165) is 42.9 Å². The lowest BCUT2D eigenvalue weighted by Gasteiger charge is -2.32. The van der Waals surface area contributed by atoms with Gasteiger partial charge in [-0.25, -0.2) is 4.39 Å². The molecule has 1 aliphatic heterocycles. The Kier molecular flexibility index (Phi) is 6.60. The van der Waals surface area contributed by atoms with Gasteiger partial charge in [-0.15, -0.1) is 0 Å². The second-order valence-corrected chi connectivity index (χ2v) is 6.81. The number of benzene rings is 2. The first-order chi connectivity index (χ1) is 13.1. The molecule has 1 atom stereocenters. The van der Waals surface area contributed by atoms with Gasteiger partial charge in [0.2, 0.25) is 5.91 Å². The van der Waals surface area contributed by atoms with Crippen LogP contribution < -0.4 is 10.1 Å². The third-order valence-electron chi connectivity index (χ3n) is 4.69. The number of hydrogen-bond donors (Lipinski definition) is 1. The Bertz CT molecular complexity index is 759. The van der Waals surface area contributed by atoms with Crippen LogP contribution in [0, 0.1) is 11.7 Å². The van der Waals surface area contributed by atoms with Gasteiger partial charge in [0.1, 0.15) is 18.2 Å². The number of nitrogens with zero attached hydrogens (tertiary/aromatic N) is 1. The minimum absolute atomic E-state index is 0.0403. The quantitative estimate of drug-likeness (QED) is 0.743. The van der Waals surface area contributed by atoms with Crippen LogP contribution in [-0.2, 0) is 11.3 Å². The first kappa shape index (κ1) is 19.1. The third kappa shape index (κ3) is 5.66. The van der Waals surface area contributed by atoms with E-state index >= 15 is 0 Å². The van der Waals surface area contributed by atoms with Gasteiger partial charge in [0.15, 0.2) is 0 Å². The van der Waals surface area contributed by atoms with E-state index in [-0.39, 0.29) is 17.6 Å². The Morgan fingerprint density at radius 1 is 1.22 bits per heavy atom. The predicted octanol–water partition coefficient (Wildman–Crippen LogP) is 4.24. The van der Waals surface area contributed by atoms with Gasteiger partial charge < -0.3 is 10.1 Å². The first-order valence-corrected chi connectivity index (χ1v) is 9.25. The zero-order valence-corrected chi connectivity index (χ0v) is 15.4. The normalized spacial score (nSPS) is 17.3. The van der Waals surface area contributed by atoms with Crippen LogP contribution in [0.15, 0.2) is 61.2 Å². The lowest BCUT2D eigenvalue weighted by Crippen LogP contribution is -2.40. The molecule has 2 aromatic rings. The number of carbonyl (C=O) groups excluding carboxylic acids is 1. The van der Waals surface area contributed by atoms with Crippen molar-refractivity contribution in [2.45, 2.75) is 19.4 Å². The van der Waals surface area contributed by atoms with Gasteiger partial charge in [0, 0.05) is 18.8 Å². The number of nitrogens with one attached hydrogen (secondary N) is 1. The summed E-state index contributed by atoms with van der Waals surface area (Å²) in [6.45, 7) is 6.48. The fraction of sp³-hybridized carbons (Fsp3) is 0.318. The molecule has 0 aliphatic carbocycles. The second-order valence-electron chi connectivity index (χ2n) is 6.81. The molecule has 1 aliphatic rings. The van der Waals surface area contributed by atoms with Gasteiger partial charge >= 0.3 is 0 Å². The highest BCUT2D eigenvalue weighted by Gasteiger charge is 2.25. The van der Waals surface area contributed by atoms with Crippen molar-refractivity contribution < 1.29 is 13.9 Å². The van der Waals surface area contributed by atoms with Crippen molar-refractivity contribution >= 4 is 11.6 Å². The van der Waals surface area contributed by atoms with Crippen molar-refractivity contribution in [2.75, 3.05) is 25.0 Å². The van der Waals surface area contributed by atoms with Gasteiger partial charge in [-0.2, -0.15) is 0 Å². The summed E-state index contributed by atoms with van der Waals surface area (Å²) >= 11 is 0. The van der Waals surface area contributed by atoms with Crippen molar-refractivity contribution in [1.29, 1.82) is 0 Å². The van der Waals surface area contributed by atoms with Crippen LogP contribution in [0.2, 0.25) is 0 Å². The van der Waals surface area contributed by atoms with Gasteiger partial charge in [-0.1, -0.05) is 24.8 Å². The first-order valence-electron chi connectivity index (χ1n) is 9.25. The van der Waals surface area contributed by atoms with Gasteiger partial charge in [-0.05, 0) is 61.3 Å². The van der Waals surface area contributed by atoms with E-state index in [0.29, 0.717) is 13.2 Å². The van der Waals surface area contributed by atoms with Crippen LogP contribution in [0.5, 0.6) is 5.75 Å². The SMILES string of the molecule is C=CCOc1ccc(NC(=O)C2CCCN(Cc3ccc(F)cc3)C2)cc1. The smallest absolute Gasteiger partial charge is 0.228 e. The molecule has 0 aromatic heterocycles. The number of amides is 1. The standard InChI is InChI=1S/C22H25FN2O2/c1-2-14-27-21-11-9-20(10-12-21)24-22(26)18-4-3-13-25(16-18)15-17-5-7-19(23)8-6-17/h2,5-12,18H,1,3-4,13-16H2,(H,24,26). The largest absolute Gasteiger partial charge is 0.490 e. The molecular formula is C22H25FN2O2. The Labute approximate surface area is 159 Å². The number of ether oxygens (including phenoxy) is 1. The van der Waals surface area contributed by atoms with E-state index in [1.165, 1.54) is 12.1 Å². The fourth-order valence-corrected chi connectivity index (χ4v) is 3.30. The molecule has 1 amide bonds. The number of rotatable bonds is 7. The van der Waals surface area contributed by atoms with Gasteiger partial charge in [0.25, 0.3) is 0 Å². The monoisotopic (exact) mass is 368 g/mol. The van der Waals surface area contributed by atoms with Crippen LogP contribution in [0.3, 0.4) is 0 Å². The van der Waals surface area contributed by atoms with Gasteiger partial charge in [-0.3, -0.25) is 9.69 Å². The lowest BCUT2D eigenvalue weighted by atomic mass is 9.96. The van der Waals surface area contributed by atoms with E-state index in [4.69, 9.17) is 4.74 Å². The molecule has 0 radical (unpaired) electrons. The van der Waals surface area contributed by atoms with Crippen molar-refractivity contribution in [3.63, 3.8) is 0 Å². The average Bonchev–Trinajstić information content (AvgIpc) is 2.69. The number of hydrogen-bond acceptors (Lipinski definition) is 3. The van der Waals surface area contributed by atoms with E-state index in [1.807, 2.05) is 24.3 Å². The van der Waals surface area contributed by atoms with Crippen LogP contribution in [0.1, 0.15) is 18.4 Å². The summed E-state index contributed by atoms with van der Waals surface area (Å²) in [6, 6.07) is 13.9. The Morgan fingerprint density at radius 2 is 1.96 bits per heavy atom. The van der Waals surface area contributed by atoms with Gasteiger partial charge in [0.05, 0.1) is 5.92 Å². The maximum Gasteiger partial charge on any atom is 0.228 e. The summed E-state index contributed by atoms with van der Waals surface area (Å²) in [7, 11) is 0. The molecule has 1 fully saturated rings. The maximum atomic E-state index is 13.0. The topological polar surface area (TPSA) is 41.6 Å². The minimum Gasteiger partial charge on any atom is -0.490 e. The summed E-state index contributed by atoms with van der Waals surface area (Å²) in [5.41, 5.74) is 1.83. The van der Waals surface area contributed by atoms with Crippen molar-refractivity contribution in [3.8, 4) is 5.75 Å². The second kappa shape index (κ2) is 9.33. The van der Waals surface area contributed by atoms with Crippen LogP contribution in [0.25, 0.3) is 0 Å². The Balaban J connectivity index is 1.53. The molecule has 0 spiro atoms. The number of halogens is 1. The van der Waals surface area contributed by atoms with Crippen molar-refractivity contribution in [1.82, 2.24) is 4.90 Å². The highest BCUT2D eigenvalue weighted by atomic mass is 19.1. The summed E-state index contributed by atoms with van der Waals surface area (Å²) in [4.78, 5) is 14.9. The predicted molar refractivity (Wildman–Crippen MR) is 105 cm³/mol. The summed E-state index contributed by atoms with van der Waals surface area (Å²) in [6.07, 6.45) is 3.55. The molecule has 0 saturated carbocycles. The number of carbonyl (C=O) groups is 1. The lowest BCUT2D eigenvalue weighted by molar-refractivity contribution is -0.121. The average molecular weight is 368 g/mol. The third-order valence-corrected chi connectivity index (χ3v) is 4.69. The van der Waals surface area contributed by atoms with Crippen LogP contribution in [0.4, 0.5) is 10.1 Å². The number of anilines is 1. The Morgan fingerprint density at radius 3 is 2.67 bits per heavy atom. The van der Waals surface area contributed by atoms with E-state index in [2.05, 4.69) is 16.8 Å². The molecule has 27 heavy (non-hydrogen) atoms. The molecule has 1 saturated heterocycles. The summed E-state index contributed by atoms with van der Waals surface area (Å²) in [5, 5.41) is 3.00. The summed E-state index contributed by atoms with van der Waals surface area (Å²) < 4.78 is 18.5. The molecular weight excluding hydrogens is 343 g/mol. The fourth-order valence-electron chi connectivity index (χ4n) is 3.30. The van der Waals surface area contributed by atoms with E-state index in [1.54, 1.807) is 18.2 Å². The molecule has 142 valence electrons. The summed E-state index contributed by atoms with van der Waals surface area (Å²) in [5.74, 6) is 0.515. The minimum atomic E-state index is -0.226. The van der Waals surface area contributed by atoms with E-state index < -0.39 is 0 Å². The van der Waals surface area contributed by atoms with Crippen molar-refractivity contribution in [3.05, 3.63) is 72.6 Å². The van der Waals surface area contributed by atoms with Crippen LogP contribution in [-0.4, -0.2) is 30.5 Å². The molecule has 4 nitrogen and oxygen atoms in total. The Hall–Kier alpha value is -2.66. The highest BCUT2D eigenvalue weighted by Crippen LogP contribution is 2.22. The maximum absolute atomic E-state index is 13.0. The molecule has 1 heterocycles. The molecule has 5 heteroatoms. The van der Waals surface area contributed by atoms with Crippen molar-refractivity contribution in [2.24, 2.45) is 5.92 Å². The molecule has 1 unspecified atom stereocenters. The molecule has 0 bridgehead atoms. The zero-order chi connectivity index (χ0) is 19.1. The molecule has 3 rings (SSSR count). The zero-order valence-electron chi connectivity index (χ0n) is 15.4. The number of piperidine rings is 1. The van der Waals surface area contributed by atoms with E-state index in [9.17, 15) is 9.18 Å². The highest BCUT2D eigenvalue weighted by molar-refractivity contribution is 5.92. The molecule has 2 aromatic carbocycles. The van der Waals surface area contributed by atoms with Crippen LogP contribution >= 0.6 is 0 Å².